The molecule has 0 radical (unpaired) electrons. The fraction of sp³-hybridized carbons (Fsp3) is 0.375. The van der Waals surface area contributed by atoms with Crippen LogP contribution >= 0.6 is 0 Å². The summed E-state index contributed by atoms with van der Waals surface area (Å²) in [4.78, 5) is 9.19. The Bertz CT molecular complexity index is 1200. The van der Waals surface area contributed by atoms with Crippen molar-refractivity contribution >= 4 is 23.0 Å². The molecule has 0 amide bonds. The van der Waals surface area contributed by atoms with Crippen LogP contribution in [-0.4, -0.2) is 17.8 Å². The lowest BCUT2D eigenvalue weighted by Gasteiger charge is -2.06. The van der Waals surface area contributed by atoms with Gasteiger partial charge in [-0.15, -0.1) is 0 Å². The Hall–Kier alpha value is -3.40. The van der Waals surface area contributed by atoms with Crippen LogP contribution in [0.3, 0.4) is 0 Å². The molecule has 4 nitrogen and oxygen atoms in total. The molecular formula is C32H38N2O2. The number of nitrogens with zero attached hydrogens (tertiary/aromatic N) is 2. The minimum Gasteiger partial charge on any atom is -0.493 e. The summed E-state index contributed by atoms with van der Waals surface area (Å²) >= 11 is 0. The lowest BCUT2D eigenvalue weighted by Crippen LogP contribution is -1.97. The van der Waals surface area contributed by atoms with Gasteiger partial charge in [-0.3, -0.25) is 4.99 Å². The van der Waals surface area contributed by atoms with Gasteiger partial charge < -0.3 is 9.15 Å². The number of benzene rings is 3. The number of rotatable bonds is 15. The van der Waals surface area contributed by atoms with E-state index in [0.29, 0.717) is 5.89 Å². The number of oxazole rings is 1. The fourth-order valence-corrected chi connectivity index (χ4v) is 4.28. The van der Waals surface area contributed by atoms with Crippen LogP contribution in [0.25, 0.3) is 22.6 Å². The molecule has 0 atom stereocenters. The molecule has 0 saturated carbocycles. The summed E-state index contributed by atoms with van der Waals surface area (Å²) in [5.74, 6) is 1.45. The van der Waals surface area contributed by atoms with Gasteiger partial charge in [-0.1, -0.05) is 95.0 Å². The van der Waals surface area contributed by atoms with E-state index >= 15 is 0 Å². The molecule has 4 rings (SSSR count). The van der Waals surface area contributed by atoms with Gasteiger partial charge in [-0.05, 0) is 48.4 Å². The molecule has 0 unspecified atom stereocenters. The van der Waals surface area contributed by atoms with Crippen LogP contribution in [0.4, 0.5) is 5.69 Å². The molecule has 0 spiro atoms. The van der Waals surface area contributed by atoms with Crippen molar-refractivity contribution in [1.82, 2.24) is 4.98 Å². The van der Waals surface area contributed by atoms with Gasteiger partial charge in [0.2, 0.25) is 5.89 Å². The highest BCUT2D eigenvalue weighted by Crippen LogP contribution is 2.28. The number of aliphatic imine (C=N–C) groups is 1. The first-order valence-electron chi connectivity index (χ1n) is 13.5. The van der Waals surface area contributed by atoms with Crippen molar-refractivity contribution in [2.75, 3.05) is 6.61 Å². The van der Waals surface area contributed by atoms with E-state index in [4.69, 9.17) is 9.15 Å². The molecule has 4 heteroatoms. The largest absolute Gasteiger partial charge is 0.493 e. The Morgan fingerprint density at radius 3 is 2.19 bits per heavy atom. The van der Waals surface area contributed by atoms with Crippen LogP contribution in [-0.2, 0) is 0 Å². The number of fused-ring (bicyclic) bond motifs is 1. The van der Waals surface area contributed by atoms with Crippen LogP contribution in [0.2, 0.25) is 0 Å². The standard InChI is InChI=1S/C32H38N2O2/c1-2-3-4-5-6-7-8-9-10-14-23-35-29-21-22-30-31(24-29)36-32(34-30)27-17-19-28(20-18-27)33-25-26-15-12-11-13-16-26/h11-13,15-22,24-25H,2-10,14,23H2,1H3. The summed E-state index contributed by atoms with van der Waals surface area (Å²) in [5, 5.41) is 0. The van der Waals surface area contributed by atoms with E-state index in [9.17, 15) is 0 Å². The Morgan fingerprint density at radius 1 is 0.778 bits per heavy atom. The van der Waals surface area contributed by atoms with Crippen LogP contribution in [0.15, 0.2) is 82.2 Å². The second-order valence-corrected chi connectivity index (χ2v) is 9.39. The second-order valence-electron chi connectivity index (χ2n) is 9.39. The normalized spacial score (nSPS) is 11.5. The van der Waals surface area contributed by atoms with Crippen molar-refractivity contribution in [1.29, 1.82) is 0 Å². The molecule has 0 aliphatic heterocycles. The lowest BCUT2D eigenvalue weighted by molar-refractivity contribution is 0.304. The first kappa shape index (κ1) is 25.7. The first-order chi connectivity index (χ1) is 17.8. The molecule has 36 heavy (non-hydrogen) atoms. The van der Waals surface area contributed by atoms with E-state index < -0.39 is 0 Å². The summed E-state index contributed by atoms with van der Waals surface area (Å²) in [7, 11) is 0. The van der Waals surface area contributed by atoms with E-state index in [1.807, 2.05) is 79.0 Å². The van der Waals surface area contributed by atoms with Crippen molar-refractivity contribution in [2.45, 2.75) is 71.1 Å². The Morgan fingerprint density at radius 2 is 1.47 bits per heavy atom. The molecule has 0 N–H and O–H groups in total. The Labute approximate surface area is 215 Å². The molecule has 0 saturated heterocycles. The SMILES string of the molecule is CCCCCCCCCCCCOc1ccc2nc(-c3ccc(N=Cc4ccccc4)cc3)oc2c1. The average molecular weight is 483 g/mol. The summed E-state index contributed by atoms with van der Waals surface area (Å²) in [6.45, 7) is 3.01. The molecule has 4 aromatic rings. The zero-order valence-corrected chi connectivity index (χ0v) is 21.5. The van der Waals surface area contributed by atoms with Crippen LogP contribution in [0.1, 0.15) is 76.7 Å². The topological polar surface area (TPSA) is 47.6 Å². The van der Waals surface area contributed by atoms with Gasteiger partial charge in [0.25, 0.3) is 0 Å². The minimum absolute atomic E-state index is 0.607. The number of aromatic nitrogens is 1. The summed E-state index contributed by atoms with van der Waals surface area (Å²) < 4.78 is 12.0. The van der Waals surface area contributed by atoms with E-state index in [-0.39, 0.29) is 0 Å². The molecule has 0 fully saturated rings. The van der Waals surface area contributed by atoms with Gasteiger partial charge in [-0.2, -0.15) is 0 Å². The lowest BCUT2D eigenvalue weighted by atomic mass is 10.1. The van der Waals surface area contributed by atoms with Gasteiger partial charge in [0.1, 0.15) is 11.3 Å². The maximum Gasteiger partial charge on any atom is 0.227 e. The van der Waals surface area contributed by atoms with E-state index in [1.165, 1.54) is 57.8 Å². The smallest absolute Gasteiger partial charge is 0.227 e. The van der Waals surface area contributed by atoms with Gasteiger partial charge in [0, 0.05) is 17.8 Å². The van der Waals surface area contributed by atoms with Crippen molar-refractivity contribution < 1.29 is 9.15 Å². The number of ether oxygens (including phenoxy) is 1. The van der Waals surface area contributed by atoms with Gasteiger partial charge >= 0.3 is 0 Å². The van der Waals surface area contributed by atoms with Gasteiger partial charge in [0.15, 0.2) is 5.58 Å². The van der Waals surface area contributed by atoms with Crippen molar-refractivity contribution in [3.8, 4) is 17.2 Å². The monoisotopic (exact) mass is 482 g/mol. The average Bonchev–Trinajstić information content (AvgIpc) is 3.35. The summed E-state index contributed by atoms with van der Waals surface area (Å²) in [5.41, 5.74) is 4.48. The maximum atomic E-state index is 6.04. The summed E-state index contributed by atoms with van der Waals surface area (Å²) in [6.07, 6.45) is 15.1. The van der Waals surface area contributed by atoms with Crippen molar-refractivity contribution in [3.63, 3.8) is 0 Å². The van der Waals surface area contributed by atoms with E-state index in [1.54, 1.807) is 0 Å². The fourth-order valence-electron chi connectivity index (χ4n) is 4.28. The molecule has 3 aromatic carbocycles. The quantitative estimate of drug-likeness (QED) is 0.125. The molecule has 0 aliphatic rings. The number of hydrogen-bond donors (Lipinski definition) is 0. The van der Waals surface area contributed by atoms with Gasteiger partial charge in [-0.25, -0.2) is 4.98 Å². The van der Waals surface area contributed by atoms with Gasteiger partial charge in [0.05, 0.1) is 12.3 Å². The molecule has 0 bridgehead atoms. The predicted molar refractivity (Wildman–Crippen MR) is 150 cm³/mol. The molecule has 0 aliphatic carbocycles. The molecule has 1 aromatic heterocycles. The molecule has 188 valence electrons. The van der Waals surface area contributed by atoms with Crippen LogP contribution in [0, 0.1) is 0 Å². The third kappa shape index (κ3) is 8.08. The minimum atomic E-state index is 0.607. The second kappa shape index (κ2) is 14.2. The third-order valence-corrected chi connectivity index (χ3v) is 6.40. The highest BCUT2D eigenvalue weighted by atomic mass is 16.5. The zero-order chi connectivity index (χ0) is 24.8. The Kier molecular flexibility index (Phi) is 10.2. The first-order valence-corrected chi connectivity index (χ1v) is 13.5. The van der Waals surface area contributed by atoms with Crippen molar-refractivity contribution in [3.05, 3.63) is 78.4 Å². The predicted octanol–water partition coefficient (Wildman–Crippen LogP) is 9.55. The number of hydrogen-bond acceptors (Lipinski definition) is 4. The van der Waals surface area contributed by atoms with E-state index in [0.717, 1.165) is 46.7 Å². The third-order valence-electron chi connectivity index (χ3n) is 6.40. The van der Waals surface area contributed by atoms with Crippen LogP contribution in [0.5, 0.6) is 5.75 Å². The Balaban J connectivity index is 1.22. The van der Waals surface area contributed by atoms with E-state index in [2.05, 4.69) is 16.9 Å². The number of unbranched alkanes of at least 4 members (excludes halogenated alkanes) is 9. The maximum absolute atomic E-state index is 6.04. The highest BCUT2D eigenvalue weighted by molar-refractivity contribution is 5.82. The molecular weight excluding hydrogens is 444 g/mol. The van der Waals surface area contributed by atoms with Crippen molar-refractivity contribution in [2.24, 2.45) is 4.99 Å². The molecule has 1 heterocycles. The zero-order valence-electron chi connectivity index (χ0n) is 21.5. The van der Waals surface area contributed by atoms with Crippen LogP contribution < -0.4 is 4.74 Å². The highest BCUT2D eigenvalue weighted by Gasteiger charge is 2.09. The summed E-state index contributed by atoms with van der Waals surface area (Å²) in [6, 6.07) is 23.9.